The van der Waals surface area contributed by atoms with Crippen molar-refractivity contribution in [2.45, 2.75) is 19.2 Å². The zero-order valence-corrected chi connectivity index (χ0v) is 16.4. The van der Waals surface area contributed by atoms with E-state index in [2.05, 4.69) is 10.3 Å². The molecule has 27 heavy (non-hydrogen) atoms. The summed E-state index contributed by atoms with van der Waals surface area (Å²) in [5, 5.41) is 3.30. The normalized spacial score (nSPS) is 10.8. The average Bonchev–Trinajstić information content (AvgIpc) is 3.08. The fourth-order valence-corrected chi connectivity index (χ4v) is 3.88. The summed E-state index contributed by atoms with van der Waals surface area (Å²) < 4.78 is 15.7. The van der Waals surface area contributed by atoms with Crippen molar-refractivity contribution < 1.29 is 9.18 Å². The quantitative estimate of drug-likeness (QED) is 0.630. The monoisotopic (exact) mass is 403 g/mol. The van der Waals surface area contributed by atoms with Crippen molar-refractivity contribution in [3.05, 3.63) is 82.6 Å². The van der Waals surface area contributed by atoms with Crippen molar-refractivity contribution in [3.8, 4) is 5.69 Å². The molecule has 0 saturated heterocycles. The zero-order valence-electron chi connectivity index (χ0n) is 14.8. The molecule has 3 rings (SSSR count). The van der Waals surface area contributed by atoms with Crippen LogP contribution in [0.25, 0.3) is 5.69 Å². The van der Waals surface area contributed by atoms with Gasteiger partial charge in [-0.3, -0.25) is 4.79 Å². The van der Waals surface area contributed by atoms with Gasteiger partial charge in [0.1, 0.15) is 11.6 Å². The Bertz CT molecular complexity index is 924. The molecule has 2 aromatic carbocycles. The smallest absolute Gasteiger partial charge is 0.230 e. The minimum Gasteiger partial charge on any atom is -0.351 e. The second-order valence-electron chi connectivity index (χ2n) is 5.94. The highest BCUT2D eigenvalue weighted by atomic mass is 35.5. The third-order valence-corrected chi connectivity index (χ3v) is 5.41. The van der Waals surface area contributed by atoms with Crippen LogP contribution < -0.4 is 5.32 Å². The van der Waals surface area contributed by atoms with Crippen molar-refractivity contribution in [1.82, 2.24) is 14.9 Å². The lowest BCUT2D eigenvalue weighted by atomic mass is 10.1. The second kappa shape index (κ2) is 9.06. The van der Waals surface area contributed by atoms with E-state index in [0.29, 0.717) is 22.9 Å². The van der Waals surface area contributed by atoms with Crippen molar-refractivity contribution in [1.29, 1.82) is 0 Å². The minimum absolute atomic E-state index is 0.107. The maximum Gasteiger partial charge on any atom is 0.230 e. The lowest BCUT2D eigenvalue weighted by Crippen LogP contribution is -2.25. The number of amides is 1. The number of rotatable bonds is 7. The number of benzene rings is 2. The van der Waals surface area contributed by atoms with Crippen LogP contribution in [0.5, 0.6) is 0 Å². The van der Waals surface area contributed by atoms with Crippen LogP contribution in [0.4, 0.5) is 4.39 Å². The molecule has 0 unspecified atom stereocenters. The first kappa shape index (κ1) is 19.5. The van der Waals surface area contributed by atoms with Gasteiger partial charge in [0.05, 0.1) is 11.4 Å². The van der Waals surface area contributed by atoms with Gasteiger partial charge in [-0.1, -0.05) is 35.9 Å². The van der Waals surface area contributed by atoms with Crippen molar-refractivity contribution in [2.24, 2.45) is 0 Å². The van der Waals surface area contributed by atoms with E-state index in [-0.39, 0.29) is 17.5 Å². The number of aromatic nitrogens is 2. The number of nitrogens with one attached hydrogen (secondary N) is 1. The molecule has 1 heterocycles. The predicted molar refractivity (Wildman–Crippen MR) is 108 cm³/mol. The minimum atomic E-state index is -0.347. The standard InChI is InChI=1S/C20H19ClFN3OS/c1-14-23-9-10-25(14)19-8-3-2-5-15(19)11-24-20(26)13-27-12-16-17(21)6-4-7-18(16)22/h2-10H,11-13H2,1H3,(H,24,26). The Balaban J connectivity index is 1.55. The SMILES string of the molecule is Cc1nccn1-c1ccccc1CNC(=O)CSCc1c(F)cccc1Cl. The molecule has 140 valence electrons. The highest BCUT2D eigenvalue weighted by molar-refractivity contribution is 7.99. The van der Waals surface area contributed by atoms with Gasteiger partial charge in [0.2, 0.25) is 5.91 Å². The molecule has 0 saturated carbocycles. The van der Waals surface area contributed by atoms with Crippen LogP contribution in [-0.2, 0) is 17.1 Å². The third kappa shape index (κ3) is 4.90. The Kier molecular flexibility index (Phi) is 6.53. The van der Waals surface area contributed by atoms with E-state index < -0.39 is 0 Å². The van der Waals surface area contributed by atoms with E-state index in [0.717, 1.165) is 17.1 Å². The lowest BCUT2D eigenvalue weighted by molar-refractivity contribution is -0.118. The van der Waals surface area contributed by atoms with Gasteiger partial charge in [0, 0.05) is 35.3 Å². The largest absolute Gasteiger partial charge is 0.351 e. The molecule has 0 bridgehead atoms. The molecule has 0 radical (unpaired) electrons. The van der Waals surface area contributed by atoms with Crippen molar-refractivity contribution in [2.75, 3.05) is 5.75 Å². The van der Waals surface area contributed by atoms with E-state index >= 15 is 0 Å². The zero-order chi connectivity index (χ0) is 19.2. The fraction of sp³-hybridized carbons (Fsp3) is 0.200. The molecule has 0 spiro atoms. The number of hydrogen-bond acceptors (Lipinski definition) is 3. The van der Waals surface area contributed by atoms with Crippen LogP contribution in [0.15, 0.2) is 54.9 Å². The maximum absolute atomic E-state index is 13.8. The Morgan fingerprint density at radius 1 is 1.26 bits per heavy atom. The Labute approximate surface area is 166 Å². The van der Waals surface area contributed by atoms with Crippen molar-refractivity contribution >= 4 is 29.3 Å². The van der Waals surface area contributed by atoms with Gasteiger partial charge in [-0.05, 0) is 30.7 Å². The summed E-state index contributed by atoms with van der Waals surface area (Å²) in [6.45, 7) is 2.34. The molecular weight excluding hydrogens is 385 g/mol. The molecular formula is C20H19ClFN3OS. The highest BCUT2D eigenvalue weighted by Gasteiger charge is 2.10. The van der Waals surface area contributed by atoms with Crippen LogP contribution in [-0.4, -0.2) is 21.2 Å². The molecule has 1 amide bonds. The van der Waals surface area contributed by atoms with E-state index in [4.69, 9.17) is 11.6 Å². The predicted octanol–water partition coefficient (Wildman–Crippen LogP) is 4.52. The number of para-hydroxylation sites is 1. The van der Waals surface area contributed by atoms with Gasteiger partial charge in [-0.25, -0.2) is 9.37 Å². The summed E-state index contributed by atoms with van der Waals surface area (Å²) in [5.41, 5.74) is 2.41. The van der Waals surface area contributed by atoms with Crippen LogP contribution >= 0.6 is 23.4 Å². The third-order valence-electron chi connectivity index (χ3n) is 4.09. The lowest BCUT2D eigenvalue weighted by Gasteiger charge is -2.13. The van der Waals surface area contributed by atoms with Gasteiger partial charge >= 0.3 is 0 Å². The topological polar surface area (TPSA) is 46.9 Å². The number of thioether (sulfide) groups is 1. The van der Waals surface area contributed by atoms with E-state index in [1.807, 2.05) is 42.0 Å². The van der Waals surface area contributed by atoms with Crippen LogP contribution in [0.1, 0.15) is 17.0 Å². The first-order valence-electron chi connectivity index (χ1n) is 8.42. The maximum atomic E-state index is 13.8. The van der Waals surface area contributed by atoms with Crippen LogP contribution in [0.2, 0.25) is 5.02 Å². The first-order valence-corrected chi connectivity index (χ1v) is 9.95. The summed E-state index contributed by atoms with van der Waals surface area (Å²) in [7, 11) is 0. The molecule has 1 aromatic heterocycles. The molecule has 1 N–H and O–H groups in total. The number of carbonyl (C=O) groups excluding carboxylic acids is 1. The van der Waals surface area contributed by atoms with Gasteiger partial charge < -0.3 is 9.88 Å². The van der Waals surface area contributed by atoms with Gasteiger partial charge in [-0.15, -0.1) is 11.8 Å². The number of carbonyl (C=O) groups is 1. The van der Waals surface area contributed by atoms with E-state index in [1.54, 1.807) is 18.3 Å². The average molecular weight is 404 g/mol. The summed E-state index contributed by atoms with van der Waals surface area (Å²) in [5.74, 6) is 1.01. The second-order valence-corrected chi connectivity index (χ2v) is 7.34. The number of halogens is 2. The number of aryl methyl sites for hydroxylation is 1. The summed E-state index contributed by atoms with van der Waals surface area (Å²) in [6, 6.07) is 12.4. The number of hydrogen-bond donors (Lipinski definition) is 1. The number of imidazole rings is 1. The van der Waals surface area contributed by atoms with E-state index in [1.165, 1.54) is 17.8 Å². The first-order chi connectivity index (χ1) is 13.1. The van der Waals surface area contributed by atoms with Gasteiger partial charge in [0.15, 0.2) is 0 Å². The van der Waals surface area contributed by atoms with E-state index in [9.17, 15) is 9.18 Å². The molecule has 0 aliphatic heterocycles. The molecule has 0 aliphatic rings. The molecule has 0 fully saturated rings. The Morgan fingerprint density at radius 2 is 2.07 bits per heavy atom. The molecule has 3 aromatic rings. The Hall–Kier alpha value is -2.31. The van der Waals surface area contributed by atoms with Gasteiger partial charge in [0.25, 0.3) is 0 Å². The molecule has 7 heteroatoms. The summed E-state index contributed by atoms with van der Waals surface area (Å²) in [6.07, 6.45) is 3.64. The van der Waals surface area contributed by atoms with Crippen LogP contribution in [0, 0.1) is 12.7 Å². The molecule has 0 aliphatic carbocycles. The summed E-state index contributed by atoms with van der Waals surface area (Å²) >= 11 is 7.33. The molecule has 0 atom stereocenters. The highest BCUT2D eigenvalue weighted by Crippen LogP contribution is 2.23. The van der Waals surface area contributed by atoms with Gasteiger partial charge in [-0.2, -0.15) is 0 Å². The number of nitrogens with zero attached hydrogens (tertiary/aromatic N) is 2. The fourth-order valence-electron chi connectivity index (χ4n) is 2.69. The van der Waals surface area contributed by atoms with Crippen LogP contribution in [0.3, 0.4) is 0 Å². The van der Waals surface area contributed by atoms with Crippen molar-refractivity contribution in [3.63, 3.8) is 0 Å². The summed E-state index contributed by atoms with van der Waals surface area (Å²) in [4.78, 5) is 16.4. The Morgan fingerprint density at radius 3 is 2.81 bits per heavy atom. The molecule has 4 nitrogen and oxygen atoms in total.